The molecule has 0 unspecified atom stereocenters. The molecule has 0 spiro atoms. The van der Waals surface area contributed by atoms with E-state index in [0.717, 1.165) is 0 Å². The van der Waals surface area contributed by atoms with E-state index in [2.05, 4.69) is 25.1 Å². The Bertz CT molecular complexity index is 143. The molecule has 0 aromatic rings. The summed E-state index contributed by atoms with van der Waals surface area (Å²) in [6, 6.07) is 0. The average Bonchev–Trinajstić information content (AvgIpc) is 2.14. The third kappa shape index (κ3) is 1.06. The standard InChI is InChI=1S/C4H4BrNO2/c5-8-4-2-1-3(7)6-4/h1-2H2. The minimum Gasteiger partial charge on any atom is -0.402 e. The van der Waals surface area contributed by atoms with Gasteiger partial charge in [0.1, 0.15) is 0 Å². The number of carbonyl (C=O) groups is 1. The highest BCUT2D eigenvalue weighted by Crippen LogP contribution is 2.08. The van der Waals surface area contributed by atoms with E-state index >= 15 is 0 Å². The summed E-state index contributed by atoms with van der Waals surface area (Å²) in [5.74, 6) is 0.384. The van der Waals surface area contributed by atoms with Crippen LogP contribution in [-0.4, -0.2) is 11.8 Å². The van der Waals surface area contributed by atoms with E-state index in [0.29, 0.717) is 18.7 Å². The largest absolute Gasteiger partial charge is 0.402 e. The first-order valence-corrected chi connectivity index (χ1v) is 2.86. The van der Waals surface area contributed by atoms with Gasteiger partial charge in [0.25, 0.3) is 0 Å². The Morgan fingerprint density at radius 1 is 1.62 bits per heavy atom. The molecule has 4 heteroatoms. The maximum absolute atomic E-state index is 10.3. The highest BCUT2D eigenvalue weighted by Gasteiger charge is 2.13. The number of aliphatic imine (C=N–C) groups is 1. The van der Waals surface area contributed by atoms with E-state index in [9.17, 15) is 4.79 Å². The number of halogens is 1. The number of rotatable bonds is 0. The molecule has 0 N–H and O–H groups in total. The Hall–Kier alpha value is -0.380. The van der Waals surface area contributed by atoms with Crippen molar-refractivity contribution in [2.45, 2.75) is 12.8 Å². The fourth-order valence-electron chi connectivity index (χ4n) is 0.521. The van der Waals surface area contributed by atoms with Crippen molar-refractivity contribution in [3.8, 4) is 0 Å². The van der Waals surface area contributed by atoms with Gasteiger partial charge < -0.3 is 3.83 Å². The van der Waals surface area contributed by atoms with Crippen LogP contribution in [0.3, 0.4) is 0 Å². The molecule has 3 nitrogen and oxygen atoms in total. The fraction of sp³-hybridized carbons (Fsp3) is 0.500. The smallest absolute Gasteiger partial charge is 0.249 e. The maximum atomic E-state index is 10.3. The van der Waals surface area contributed by atoms with Crippen molar-refractivity contribution in [2.24, 2.45) is 4.99 Å². The first kappa shape index (κ1) is 5.75. The minimum absolute atomic E-state index is 0.0977. The molecule has 44 valence electrons. The van der Waals surface area contributed by atoms with Gasteiger partial charge in [0.2, 0.25) is 11.8 Å². The maximum Gasteiger partial charge on any atom is 0.249 e. The van der Waals surface area contributed by atoms with Crippen LogP contribution in [0.4, 0.5) is 0 Å². The quantitative estimate of drug-likeness (QED) is 0.555. The predicted octanol–water partition coefficient (Wildman–Crippen LogP) is 1.03. The Balaban J connectivity index is 2.57. The number of amides is 1. The second-order valence-corrected chi connectivity index (χ2v) is 1.80. The van der Waals surface area contributed by atoms with Crippen molar-refractivity contribution < 1.29 is 8.62 Å². The zero-order valence-electron chi connectivity index (χ0n) is 4.06. The first-order valence-electron chi connectivity index (χ1n) is 2.22. The molecule has 0 aromatic heterocycles. The molecule has 0 atom stereocenters. The molecule has 0 bridgehead atoms. The Morgan fingerprint density at radius 3 is 2.62 bits per heavy atom. The Labute approximate surface area is 55.2 Å². The van der Waals surface area contributed by atoms with Crippen LogP contribution in [0.2, 0.25) is 0 Å². The molecule has 0 saturated carbocycles. The van der Waals surface area contributed by atoms with Crippen LogP contribution >= 0.6 is 16.3 Å². The molecule has 0 radical (unpaired) electrons. The highest BCUT2D eigenvalue weighted by atomic mass is 79.9. The van der Waals surface area contributed by atoms with Crippen molar-refractivity contribution in [3.05, 3.63) is 0 Å². The minimum atomic E-state index is -0.0977. The van der Waals surface area contributed by atoms with Crippen LogP contribution < -0.4 is 0 Å². The number of carbonyl (C=O) groups excluding carboxylic acids is 1. The summed E-state index contributed by atoms with van der Waals surface area (Å²) in [6.45, 7) is 0. The van der Waals surface area contributed by atoms with Gasteiger partial charge in [0, 0.05) is 12.8 Å². The van der Waals surface area contributed by atoms with Gasteiger partial charge in [0.15, 0.2) is 16.3 Å². The number of nitrogens with zero attached hydrogens (tertiary/aromatic N) is 1. The molecule has 1 rings (SSSR count). The summed E-state index contributed by atoms with van der Waals surface area (Å²) in [5.41, 5.74) is 0. The van der Waals surface area contributed by atoms with Gasteiger partial charge in [-0.3, -0.25) is 4.79 Å². The summed E-state index contributed by atoms with van der Waals surface area (Å²) in [6.07, 6.45) is 1.12. The van der Waals surface area contributed by atoms with E-state index in [1.807, 2.05) is 0 Å². The molecule has 1 aliphatic rings. The Morgan fingerprint density at radius 2 is 2.38 bits per heavy atom. The zero-order valence-corrected chi connectivity index (χ0v) is 5.64. The van der Waals surface area contributed by atoms with Crippen LogP contribution in [0.15, 0.2) is 4.99 Å². The van der Waals surface area contributed by atoms with Crippen molar-refractivity contribution in [3.63, 3.8) is 0 Å². The number of hydrogen-bond acceptors (Lipinski definition) is 2. The zero-order chi connectivity index (χ0) is 5.98. The third-order valence-electron chi connectivity index (χ3n) is 0.891. The van der Waals surface area contributed by atoms with E-state index in [1.165, 1.54) is 0 Å². The molecular formula is C4H4BrNO2. The third-order valence-corrected chi connectivity index (χ3v) is 1.26. The summed E-state index contributed by atoms with van der Waals surface area (Å²) in [4.78, 5) is 13.8. The van der Waals surface area contributed by atoms with Gasteiger partial charge in [-0.2, -0.15) is 4.99 Å². The van der Waals surface area contributed by atoms with Gasteiger partial charge >= 0.3 is 0 Å². The van der Waals surface area contributed by atoms with Crippen LogP contribution in [0.25, 0.3) is 0 Å². The van der Waals surface area contributed by atoms with Crippen molar-refractivity contribution >= 4 is 28.1 Å². The summed E-state index contributed by atoms with van der Waals surface area (Å²) < 4.78 is 4.52. The van der Waals surface area contributed by atoms with Crippen LogP contribution in [0.1, 0.15) is 12.8 Å². The van der Waals surface area contributed by atoms with Crippen molar-refractivity contribution in [1.82, 2.24) is 0 Å². The SMILES string of the molecule is O=C1CCC(OBr)=N1. The lowest BCUT2D eigenvalue weighted by Crippen LogP contribution is -1.87. The second-order valence-electron chi connectivity index (χ2n) is 1.48. The van der Waals surface area contributed by atoms with E-state index in [-0.39, 0.29) is 5.91 Å². The van der Waals surface area contributed by atoms with E-state index in [4.69, 9.17) is 0 Å². The molecule has 0 aliphatic carbocycles. The second kappa shape index (κ2) is 2.26. The van der Waals surface area contributed by atoms with Gasteiger partial charge in [0.05, 0.1) is 0 Å². The molecule has 0 fully saturated rings. The molecule has 1 aliphatic heterocycles. The molecule has 1 heterocycles. The van der Waals surface area contributed by atoms with Gasteiger partial charge in [-0.05, 0) is 0 Å². The van der Waals surface area contributed by atoms with Crippen LogP contribution in [-0.2, 0) is 8.62 Å². The lowest BCUT2D eigenvalue weighted by atomic mass is 10.4. The lowest BCUT2D eigenvalue weighted by molar-refractivity contribution is -0.117. The first-order chi connectivity index (χ1) is 3.83. The molecule has 0 aromatic carbocycles. The normalized spacial score (nSPS) is 18.6. The van der Waals surface area contributed by atoms with E-state index in [1.54, 1.807) is 0 Å². The monoisotopic (exact) mass is 177 g/mol. The lowest BCUT2D eigenvalue weighted by Gasteiger charge is -1.86. The van der Waals surface area contributed by atoms with Crippen molar-refractivity contribution in [1.29, 1.82) is 0 Å². The molecule has 8 heavy (non-hydrogen) atoms. The molecule has 1 amide bonds. The average molecular weight is 178 g/mol. The fourth-order valence-corrected chi connectivity index (χ4v) is 0.755. The van der Waals surface area contributed by atoms with Gasteiger partial charge in [-0.15, -0.1) is 0 Å². The molecule has 0 saturated heterocycles. The van der Waals surface area contributed by atoms with E-state index < -0.39 is 0 Å². The molecular weight excluding hydrogens is 174 g/mol. The van der Waals surface area contributed by atoms with Crippen LogP contribution in [0.5, 0.6) is 0 Å². The summed E-state index contributed by atoms with van der Waals surface area (Å²) >= 11 is 2.72. The topological polar surface area (TPSA) is 38.7 Å². The van der Waals surface area contributed by atoms with Gasteiger partial charge in [-0.25, -0.2) is 0 Å². The predicted molar refractivity (Wildman–Crippen MR) is 31.7 cm³/mol. The summed E-state index contributed by atoms with van der Waals surface area (Å²) in [5, 5.41) is 0. The highest BCUT2D eigenvalue weighted by molar-refractivity contribution is 9.06. The number of hydrogen-bond donors (Lipinski definition) is 0. The van der Waals surface area contributed by atoms with Gasteiger partial charge in [-0.1, -0.05) is 0 Å². The van der Waals surface area contributed by atoms with Crippen molar-refractivity contribution in [2.75, 3.05) is 0 Å². The Kier molecular flexibility index (Phi) is 1.62. The summed E-state index contributed by atoms with van der Waals surface area (Å²) in [7, 11) is 0. The van der Waals surface area contributed by atoms with Crippen LogP contribution in [0, 0.1) is 0 Å².